The molecule has 1 rings (SSSR count). The largest absolute Gasteiger partial charge is 0.394 e. The lowest BCUT2D eigenvalue weighted by Gasteiger charge is -2.13. The van der Waals surface area contributed by atoms with E-state index in [0.29, 0.717) is 11.1 Å². The van der Waals surface area contributed by atoms with Crippen molar-refractivity contribution in [3.05, 3.63) is 35.4 Å². The number of nitriles is 1. The number of benzene rings is 1. The van der Waals surface area contributed by atoms with E-state index in [1.165, 1.54) is 6.07 Å². The van der Waals surface area contributed by atoms with Crippen molar-refractivity contribution in [1.29, 1.82) is 5.26 Å². The number of carbonyl (C=O) groups is 1. The molecular weight excluding hydrogens is 208 g/mol. The second kappa shape index (κ2) is 5.85. The fraction of sp³-hybridized carbons (Fsp3) is 0.273. The normalized spacial score (nSPS) is 9.88. The van der Waals surface area contributed by atoms with Gasteiger partial charge in [0.05, 0.1) is 30.9 Å². The maximum absolute atomic E-state index is 11.6. The fourth-order valence-electron chi connectivity index (χ4n) is 1.15. The van der Waals surface area contributed by atoms with Gasteiger partial charge in [0.1, 0.15) is 0 Å². The number of aliphatic hydroxyl groups excluding tert-OH is 2. The number of hydrogen-bond acceptors (Lipinski definition) is 4. The van der Waals surface area contributed by atoms with Gasteiger partial charge >= 0.3 is 0 Å². The average molecular weight is 220 g/mol. The third-order valence-electron chi connectivity index (χ3n) is 2.03. The summed E-state index contributed by atoms with van der Waals surface area (Å²) in [7, 11) is 0. The van der Waals surface area contributed by atoms with E-state index < -0.39 is 11.9 Å². The lowest BCUT2D eigenvalue weighted by Crippen LogP contribution is -2.40. The maximum atomic E-state index is 11.6. The van der Waals surface area contributed by atoms with Crippen molar-refractivity contribution >= 4 is 5.91 Å². The predicted molar refractivity (Wildman–Crippen MR) is 56.6 cm³/mol. The molecule has 0 heterocycles. The second-order valence-corrected chi connectivity index (χ2v) is 3.23. The summed E-state index contributed by atoms with van der Waals surface area (Å²) in [6.45, 7) is -0.666. The van der Waals surface area contributed by atoms with Crippen LogP contribution in [0.3, 0.4) is 0 Å². The number of hydrogen-bond donors (Lipinski definition) is 3. The van der Waals surface area contributed by atoms with Gasteiger partial charge in [-0.3, -0.25) is 4.79 Å². The Bertz CT molecular complexity index is 408. The van der Waals surface area contributed by atoms with Gasteiger partial charge in [0.2, 0.25) is 0 Å². The van der Waals surface area contributed by atoms with E-state index in [2.05, 4.69) is 5.32 Å². The quantitative estimate of drug-likeness (QED) is 0.646. The minimum absolute atomic E-state index is 0.325. The summed E-state index contributed by atoms with van der Waals surface area (Å²) in [4.78, 5) is 11.6. The van der Waals surface area contributed by atoms with Gasteiger partial charge in [-0.2, -0.15) is 5.26 Å². The lowest BCUT2D eigenvalue weighted by atomic mass is 10.1. The molecule has 0 saturated carbocycles. The first-order valence-electron chi connectivity index (χ1n) is 4.74. The fourth-order valence-corrected chi connectivity index (χ4v) is 1.15. The van der Waals surface area contributed by atoms with Crippen LogP contribution in [0.4, 0.5) is 0 Å². The van der Waals surface area contributed by atoms with E-state index in [1.807, 2.05) is 6.07 Å². The molecule has 0 aromatic heterocycles. The van der Waals surface area contributed by atoms with Crippen molar-refractivity contribution in [1.82, 2.24) is 5.32 Å². The summed E-state index contributed by atoms with van der Waals surface area (Å²) < 4.78 is 0. The van der Waals surface area contributed by atoms with E-state index in [4.69, 9.17) is 15.5 Å². The highest BCUT2D eigenvalue weighted by Gasteiger charge is 2.11. The molecule has 1 amide bonds. The summed E-state index contributed by atoms with van der Waals surface area (Å²) in [6, 6.07) is 7.43. The van der Waals surface area contributed by atoms with Crippen molar-refractivity contribution in [3.8, 4) is 6.07 Å². The van der Waals surface area contributed by atoms with Crippen molar-refractivity contribution in [2.45, 2.75) is 6.04 Å². The van der Waals surface area contributed by atoms with Gasteiger partial charge in [-0.15, -0.1) is 0 Å². The molecule has 84 valence electrons. The Balaban J connectivity index is 2.77. The van der Waals surface area contributed by atoms with Crippen LogP contribution in [0.15, 0.2) is 24.3 Å². The van der Waals surface area contributed by atoms with Crippen LogP contribution in [-0.4, -0.2) is 35.4 Å². The highest BCUT2D eigenvalue weighted by Crippen LogP contribution is 2.04. The van der Waals surface area contributed by atoms with Crippen molar-refractivity contribution in [2.24, 2.45) is 0 Å². The van der Waals surface area contributed by atoms with Crippen LogP contribution in [0.2, 0.25) is 0 Å². The van der Waals surface area contributed by atoms with Gasteiger partial charge in [-0.1, -0.05) is 6.07 Å². The van der Waals surface area contributed by atoms with E-state index in [9.17, 15) is 4.79 Å². The summed E-state index contributed by atoms with van der Waals surface area (Å²) in [5.74, 6) is -0.426. The smallest absolute Gasteiger partial charge is 0.251 e. The molecule has 1 aromatic carbocycles. The van der Waals surface area contributed by atoms with Crippen LogP contribution in [0.5, 0.6) is 0 Å². The second-order valence-electron chi connectivity index (χ2n) is 3.23. The number of carbonyl (C=O) groups excluding carboxylic acids is 1. The zero-order chi connectivity index (χ0) is 12.0. The van der Waals surface area contributed by atoms with Gasteiger partial charge < -0.3 is 15.5 Å². The number of rotatable bonds is 4. The SMILES string of the molecule is N#Cc1cccc(C(=O)NC(CO)CO)c1. The lowest BCUT2D eigenvalue weighted by molar-refractivity contribution is 0.0879. The van der Waals surface area contributed by atoms with Crippen LogP contribution in [-0.2, 0) is 0 Å². The summed E-state index contributed by atoms with van der Waals surface area (Å²) in [6.07, 6.45) is 0. The summed E-state index contributed by atoms with van der Waals surface area (Å²) in [5.41, 5.74) is 0.711. The Morgan fingerprint density at radius 2 is 2.12 bits per heavy atom. The van der Waals surface area contributed by atoms with E-state index in [0.717, 1.165) is 0 Å². The summed E-state index contributed by atoms with van der Waals surface area (Å²) in [5, 5.41) is 28.7. The van der Waals surface area contributed by atoms with Crippen LogP contribution >= 0.6 is 0 Å². The zero-order valence-corrected chi connectivity index (χ0v) is 8.55. The van der Waals surface area contributed by atoms with Gasteiger partial charge in [0.25, 0.3) is 5.91 Å². The van der Waals surface area contributed by atoms with E-state index in [-0.39, 0.29) is 13.2 Å². The molecular formula is C11H12N2O3. The number of nitrogens with zero attached hydrogens (tertiary/aromatic N) is 1. The molecule has 0 radical (unpaired) electrons. The monoisotopic (exact) mass is 220 g/mol. The molecule has 0 saturated heterocycles. The Kier molecular flexibility index (Phi) is 4.45. The first kappa shape index (κ1) is 12.2. The van der Waals surface area contributed by atoms with Crippen molar-refractivity contribution in [2.75, 3.05) is 13.2 Å². The molecule has 0 aliphatic rings. The molecule has 5 nitrogen and oxygen atoms in total. The third kappa shape index (κ3) is 3.05. The van der Waals surface area contributed by atoms with Crippen LogP contribution in [0.1, 0.15) is 15.9 Å². The van der Waals surface area contributed by atoms with E-state index in [1.54, 1.807) is 18.2 Å². The standard InChI is InChI=1S/C11H12N2O3/c12-5-8-2-1-3-9(4-8)11(16)13-10(6-14)7-15/h1-4,10,14-15H,6-7H2,(H,13,16). The molecule has 0 spiro atoms. The molecule has 0 aliphatic heterocycles. The predicted octanol–water partition coefficient (Wildman–Crippen LogP) is -0.359. The minimum Gasteiger partial charge on any atom is -0.394 e. The number of amides is 1. The number of nitrogens with one attached hydrogen (secondary N) is 1. The average Bonchev–Trinajstić information content (AvgIpc) is 2.35. The molecule has 0 bridgehead atoms. The van der Waals surface area contributed by atoms with Gasteiger partial charge in [0, 0.05) is 5.56 Å². The Morgan fingerprint density at radius 3 is 2.69 bits per heavy atom. The third-order valence-corrected chi connectivity index (χ3v) is 2.03. The highest BCUT2D eigenvalue weighted by atomic mass is 16.3. The highest BCUT2D eigenvalue weighted by molar-refractivity contribution is 5.94. The van der Waals surface area contributed by atoms with Crippen molar-refractivity contribution < 1.29 is 15.0 Å². The molecule has 0 atom stereocenters. The van der Waals surface area contributed by atoms with Gasteiger partial charge in [0.15, 0.2) is 0 Å². The van der Waals surface area contributed by atoms with Crippen LogP contribution in [0.25, 0.3) is 0 Å². The van der Waals surface area contributed by atoms with E-state index >= 15 is 0 Å². The number of aliphatic hydroxyl groups is 2. The first-order chi connectivity index (χ1) is 7.71. The maximum Gasteiger partial charge on any atom is 0.251 e. The Hall–Kier alpha value is -1.90. The van der Waals surface area contributed by atoms with Crippen LogP contribution in [0, 0.1) is 11.3 Å². The van der Waals surface area contributed by atoms with Crippen molar-refractivity contribution in [3.63, 3.8) is 0 Å². The molecule has 0 aliphatic carbocycles. The molecule has 5 heteroatoms. The van der Waals surface area contributed by atoms with Gasteiger partial charge in [-0.25, -0.2) is 0 Å². The minimum atomic E-state index is -0.682. The molecule has 16 heavy (non-hydrogen) atoms. The Labute approximate surface area is 92.9 Å². The van der Waals surface area contributed by atoms with Crippen LogP contribution < -0.4 is 5.32 Å². The topological polar surface area (TPSA) is 93.4 Å². The molecule has 0 fully saturated rings. The Morgan fingerprint density at radius 1 is 1.44 bits per heavy atom. The summed E-state index contributed by atoms with van der Waals surface area (Å²) >= 11 is 0. The molecule has 3 N–H and O–H groups in total. The van der Waals surface area contributed by atoms with Gasteiger partial charge in [-0.05, 0) is 18.2 Å². The zero-order valence-electron chi connectivity index (χ0n) is 8.55. The molecule has 1 aromatic rings. The molecule has 0 unspecified atom stereocenters. The first-order valence-corrected chi connectivity index (χ1v) is 4.74.